The van der Waals surface area contributed by atoms with Crippen LogP contribution < -0.4 is 0 Å². The number of carbonyl (C=O) groups is 1. The predicted octanol–water partition coefficient (Wildman–Crippen LogP) is 4.55. The number of rotatable bonds is 3. The molecule has 1 aliphatic heterocycles. The maximum absolute atomic E-state index is 12.9. The van der Waals surface area contributed by atoms with Crippen molar-refractivity contribution in [3.63, 3.8) is 0 Å². The lowest BCUT2D eigenvalue weighted by Crippen LogP contribution is -2.38. The Morgan fingerprint density at radius 1 is 1.10 bits per heavy atom. The van der Waals surface area contributed by atoms with Gasteiger partial charge in [-0.2, -0.15) is 4.98 Å². The van der Waals surface area contributed by atoms with Gasteiger partial charge in [0.2, 0.25) is 0 Å². The van der Waals surface area contributed by atoms with E-state index in [2.05, 4.69) is 15.1 Å². The molecule has 4 aromatic rings. The molecular weight excluding hydrogens is 364 g/mol. The Labute approximate surface area is 168 Å². The average molecular weight is 386 g/mol. The molecule has 1 aliphatic rings. The van der Waals surface area contributed by atoms with Crippen molar-refractivity contribution in [2.45, 2.75) is 25.7 Å². The van der Waals surface area contributed by atoms with Crippen LogP contribution in [0, 0.1) is 6.92 Å². The fraction of sp³-hybridized carbons (Fsp3) is 0.261. The highest BCUT2D eigenvalue weighted by Crippen LogP contribution is 2.29. The van der Waals surface area contributed by atoms with E-state index in [0.717, 1.165) is 40.7 Å². The van der Waals surface area contributed by atoms with Crippen molar-refractivity contribution in [3.05, 3.63) is 71.7 Å². The Bertz CT molecular complexity index is 1140. The fourth-order valence-electron chi connectivity index (χ4n) is 4.02. The number of nitrogens with one attached hydrogen (secondary N) is 1. The van der Waals surface area contributed by atoms with Crippen molar-refractivity contribution in [3.8, 4) is 11.5 Å². The summed E-state index contributed by atoms with van der Waals surface area (Å²) < 4.78 is 5.52. The largest absolute Gasteiger partial charge is 0.351 e. The van der Waals surface area contributed by atoms with Crippen LogP contribution in [-0.2, 0) is 0 Å². The molecule has 0 unspecified atom stereocenters. The summed E-state index contributed by atoms with van der Waals surface area (Å²) in [5.74, 6) is 1.56. The number of aryl methyl sites for hydroxylation is 1. The molecule has 29 heavy (non-hydrogen) atoms. The molecule has 2 aromatic carbocycles. The number of para-hydroxylation sites is 1. The highest BCUT2D eigenvalue weighted by atomic mass is 16.5. The monoisotopic (exact) mass is 386 g/mol. The third kappa shape index (κ3) is 3.31. The van der Waals surface area contributed by atoms with Crippen molar-refractivity contribution >= 4 is 16.8 Å². The molecule has 0 atom stereocenters. The number of likely N-dealkylation sites (tertiary alicyclic amines) is 1. The number of hydrogen-bond donors (Lipinski definition) is 1. The Morgan fingerprint density at radius 3 is 2.66 bits per heavy atom. The number of amides is 1. The molecule has 0 spiro atoms. The van der Waals surface area contributed by atoms with Crippen LogP contribution >= 0.6 is 0 Å². The van der Waals surface area contributed by atoms with Gasteiger partial charge in [-0.1, -0.05) is 41.6 Å². The summed E-state index contributed by atoms with van der Waals surface area (Å²) in [7, 11) is 0. The summed E-state index contributed by atoms with van der Waals surface area (Å²) in [6.07, 6.45) is 1.66. The van der Waals surface area contributed by atoms with E-state index >= 15 is 0 Å². The molecule has 2 aromatic heterocycles. The van der Waals surface area contributed by atoms with E-state index in [1.165, 1.54) is 0 Å². The van der Waals surface area contributed by atoms with Crippen LogP contribution in [0.1, 0.15) is 40.6 Å². The number of aromatic nitrogens is 3. The van der Waals surface area contributed by atoms with Gasteiger partial charge >= 0.3 is 0 Å². The minimum absolute atomic E-state index is 0.0494. The van der Waals surface area contributed by atoms with E-state index in [4.69, 9.17) is 4.52 Å². The predicted molar refractivity (Wildman–Crippen MR) is 111 cm³/mol. The first-order valence-corrected chi connectivity index (χ1v) is 9.95. The van der Waals surface area contributed by atoms with Gasteiger partial charge in [-0.25, -0.2) is 0 Å². The quantitative estimate of drug-likeness (QED) is 0.561. The maximum Gasteiger partial charge on any atom is 0.270 e. The zero-order valence-corrected chi connectivity index (χ0v) is 16.3. The van der Waals surface area contributed by atoms with Crippen LogP contribution in [0.3, 0.4) is 0 Å². The van der Waals surface area contributed by atoms with Crippen molar-refractivity contribution in [1.29, 1.82) is 0 Å². The first-order valence-electron chi connectivity index (χ1n) is 9.95. The second-order valence-corrected chi connectivity index (χ2v) is 7.61. The van der Waals surface area contributed by atoms with Gasteiger partial charge in [0, 0.05) is 35.5 Å². The number of piperidine rings is 1. The topological polar surface area (TPSA) is 75.0 Å². The number of hydrogen-bond acceptors (Lipinski definition) is 4. The van der Waals surface area contributed by atoms with Gasteiger partial charge in [-0.05, 0) is 43.5 Å². The van der Waals surface area contributed by atoms with Gasteiger partial charge in [0.15, 0.2) is 5.82 Å². The summed E-state index contributed by atoms with van der Waals surface area (Å²) in [6, 6.07) is 17.9. The van der Waals surface area contributed by atoms with E-state index < -0.39 is 0 Å². The summed E-state index contributed by atoms with van der Waals surface area (Å²) in [5.41, 5.74) is 3.71. The Kier molecular flexibility index (Phi) is 4.39. The van der Waals surface area contributed by atoms with Crippen molar-refractivity contribution in [2.24, 2.45) is 0 Å². The Morgan fingerprint density at radius 2 is 1.86 bits per heavy atom. The number of fused-ring (bicyclic) bond motifs is 1. The minimum atomic E-state index is 0.0494. The second-order valence-electron chi connectivity index (χ2n) is 7.61. The van der Waals surface area contributed by atoms with Gasteiger partial charge in [0.1, 0.15) is 5.69 Å². The summed E-state index contributed by atoms with van der Waals surface area (Å²) >= 11 is 0. The molecule has 146 valence electrons. The lowest BCUT2D eigenvalue weighted by Gasteiger charge is -2.30. The third-order valence-corrected chi connectivity index (χ3v) is 5.72. The van der Waals surface area contributed by atoms with E-state index in [0.29, 0.717) is 24.7 Å². The van der Waals surface area contributed by atoms with E-state index in [1.807, 2.05) is 66.4 Å². The number of nitrogens with zero attached hydrogens (tertiary/aromatic N) is 3. The zero-order valence-electron chi connectivity index (χ0n) is 16.3. The van der Waals surface area contributed by atoms with Crippen LogP contribution in [0.25, 0.3) is 22.4 Å². The molecule has 0 bridgehead atoms. The second kappa shape index (κ2) is 7.20. The van der Waals surface area contributed by atoms with Gasteiger partial charge < -0.3 is 14.4 Å². The van der Waals surface area contributed by atoms with Crippen LogP contribution in [0.5, 0.6) is 0 Å². The molecule has 6 nitrogen and oxygen atoms in total. The highest BCUT2D eigenvalue weighted by Gasteiger charge is 2.28. The van der Waals surface area contributed by atoms with Gasteiger partial charge in [-0.3, -0.25) is 4.79 Å². The van der Waals surface area contributed by atoms with Gasteiger partial charge in [0.25, 0.3) is 11.8 Å². The van der Waals surface area contributed by atoms with Crippen molar-refractivity contribution in [1.82, 2.24) is 20.0 Å². The maximum atomic E-state index is 12.9. The normalized spacial score (nSPS) is 15.1. The molecule has 1 fully saturated rings. The standard InChI is InChI=1S/C23H22N4O2/c1-15-6-2-4-8-18(15)22-25-21(26-29-22)16-10-12-27(13-11-16)23(28)20-14-17-7-3-5-9-19(17)24-20/h2-9,14,16,24H,10-13H2,1H3. The fourth-order valence-corrected chi connectivity index (χ4v) is 4.02. The molecule has 0 saturated carbocycles. The highest BCUT2D eigenvalue weighted by molar-refractivity contribution is 5.98. The Hall–Kier alpha value is -3.41. The SMILES string of the molecule is Cc1ccccc1-c1nc(C2CCN(C(=O)c3cc4ccccc4[nH]3)CC2)no1. The molecule has 5 rings (SSSR count). The Balaban J connectivity index is 1.27. The summed E-state index contributed by atoms with van der Waals surface area (Å²) in [5, 5.41) is 5.28. The molecule has 0 radical (unpaired) electrons. The number of aromatic amines is 1. The van der Waals surface area contributed by atoms with E-state index in [1.54, 1.807) is 0 Å². The molecular formula is C23H22N4O2. The first kappa shape index (κ1) is 17.7. The third-order valence-electron chi connectivity index (χ3n) is 5.72. The van der Waals surface area contributed by atoms with Crippen molar-refractivity contribution < 1.29 is 9.32 Å². The molecule has 1 saturated heterocycles. The van der Waals surface area contributed by atoms with Crippen LogP contribution in [0.4, 0.5) is 0 Å². The van der Waals surface area contributed by atoms with Crippen LogP contribution in [0.15, 0.2) is 59.1 Å². The van der Waals surface area contributed by atoms with E-state index in [9.17, 15) is 4.79 Å². The van der Waals surface area contributed by atoms with Crippen LogP contribution in [0.2, 0.25) is 0 Å². The molecule has 0 aliphatic carbocycles. The minimum Gasteiger partial charge on any atom is -0.351 e. The van der Waals surface area contributed by atoms with Gasteiger partial charge in [-0.15, -0.1) is 0 Å². The summed E-state index contributed by atoms with van der Waals surface area (Å²) in [4.78, 5) is 22.7. The summed E-state index contributed by atoms with van der Waals surface area (Å²) in [6.45, 7) is 3.41. The average Bonchev–Trinajstić information content (AvgIpc) is 3.41. The van der Waals surface area contributed by atoms with Crippen LogP contribution in [-0.4, -0.2) is 39.0 Å². The van der Waals surface area contributed by atoms with Crippen molar-refractivity contribution in [2.75, 3.05) is 13.1 Å². The molecule has 1 amide bonds. The smallest absolute Gasteiger partial charge is 0.270 e. The number of H-pyrrole nitrogens is 1. The van der Waals surface area contributed by atoms with Gasteiger partial charge in [0.05, 0.1) is 0 Å². The zero-order chi connectivity index (χ0) is 19.8. The molecule has 1 N–H and O–H groups in total. The number of carbonyl (C=O) groups excluding carboxylic acids is 1. The first-order chi connectivity index (χ1) is 14.2. The molecule has 6 heteroatoms. The van der Waals surface area contributed by atoms with E-state index in [-0.39, 0.29) is 11.8 Å². The number of benzene rings is 2. The molecule has 3 heterocycles. The lowest BCUT2D eigenvalue weighted by atomic mass is 9.96. The lowest BCUT2D eigenvalue weighted by molar-refractivity contribution is 0.0705.